The molecule has 0 spiro atoms. The third kappa shape index (κ3) is 18.7. The minimum atomic E-state index is -0.667. The molecule has 3 aromatic carbocycles. The van der Waals surface area contributed by atoms with E-state index >= 15 is 0 Å². The van der Waals surface area contributed by atoms with E-state index in [-0.39, 0.29) is 23.2 Å². The third-order valence-electron chi connectivity index (χ3n) is 9.56. The van der Waals surface area contributed by atoms with Crippen molar-refractivity contribution < 1.29 is 27.8 Å². The summed E-state index contributed by atoms with van der Waals surface area (Å²) in [5.41, 5.74) is 1.30. The molecule has 0 aliphatic carbocycles. The number of carbonyl (C=O) groups excluding carboxylic acids is 1. The topological polar surface area (TPSA) is 44.8 Å². The van der Waals surface area contributed by atoms with Crippen molar-refractivity contribution in [3.8, 4) is 29.1 Å². The first-order valence-corrected chi connectivity index (χ1v) is 20.6. The average Bonchev–Trinajstić information content (AvgIpc) is 3.16. The molecule has 6 heteroatoms. The van der Waals surface area contributed by atoms with Gasteiger partial charge in [-0.2, -0.15) is 0 Å². The number of halogens is 2. The summed E-state index contributed by atoms with van der Waals surface area (Å²) in [6.45, 7) is 6.85. The Bertz CT molecular complexity index is 1510. The van der Waals surface area contributed by atoms with E-state index in [0.717, 1.165) is 38.2 Å². The van der Waals surface area contributed by atoms with Crippen LogP contribution in [0.25, 0.3) is 0 Å². The van der Waals surface area contributed by atoms with Crippen LogP contribution < -0.4 is 14.2 Å². The number of rotatable bonds is 27. The van der Waals surface area contributed by atoms with Crippen LogP contribution in [-0.4, -0.2) is 18.7 Å². The van der Waals surface area contributed by atoms with Crippen LogP contribution >= 0.6 is 0 Å². The van der Waals surface area contributed by atoms with Gasteiger partial charge in [0.2, 0.25) is 0 Å². The maximum Gasteiger partial charge on any atom is 0.343 e. The van der Waals surface area contributed by atoms with Gasteiger partial charge in [0.1, 0.15) is 5.75 Å². The molecule has 0 N–H and O–H groups in total. The van der Waals surface area contributed by atoms with E-state index in [1.807, 2.05) is 6.92 Å². The van der Waals surface area contributed by atoms with Crippen LogP contribution in [0.2, 0.25) is 0 Å². The van der Waals surface area contributed by atoms with E-state index in [4.69, 9.17) is 14.2 Å². The molecule has 53 heavy (non-hydrogen) atoms. The monoisotopic (exact) mass is 730 g/mol. The summed E-state index contributed by atoms with van der Waals surface area (Å²) in [7, 11) is 0. The zero-order valence-corrected chi connectivity index (χ0v) is 32.8. The molecular weight excluding hydrogens is 667 g/mol. The number of ether oxygens (including phenoxy) is 3. The predicted octanol–water partition coefficient (Wildman–Crippen LogP) is 14.0. The van der Waals surface area contributed by atoms with Gasteiger partial charge in [0.25, 0.3) is 0 Å². The minimum Gasteiger partial charge on any atom is -0.491 e. The molecule has 4 nitrogen and oxygen atoms in total. The molecule has 0 saturated carbocycles. The molecule has 0 aliphatic rings. The largest absolute Gasteiger partial charge is 0.491 e. The first kappa shape index (κ1) is 43.6. The summed E-state index contributed by atoms with van der Waals surface area (Å²) in [5.74, 6) is 4.95. The van der Waals surface area contributed by atoms with Crippen molar-refractivity contribution in [2.45, 2.75) is 162 Å². The lowest BCUT2D eigenvalue weighted by molar-refractivity contribution is 0.0734. The third-order valence-corrected chi connectivity index (χ3v) is 9.56. The maximum absolute atomic E-state index is 14.7. The molecular formula is C47H64F2O4. The molecule has 0 heterocycles. The van der Waals surface area contributed by atoms with E-state index in [1.165, 1.54) is 121 Å². The standard InChI is InChI=1S/C47H64F2O4/c1-4-6-8-10-11-12-13-14-15-16-17-18-19-20-21-23-35-51-45-34-30-41(37-44(45)49)47(50)53-42-31-27-39(28-32-42)25-26-40-29-33-46(43(48)36-40)52-38(3)24-22-9-7-5-2/h27-34,36-38H,4-24,35H2,1-3H3/t38-/m1/s1. The van der Waals surface area contributed by atoms with Gasteiger partial charge in [-0.15, -0.1) is 0 Å². The summed E-state index contributed by atoms with van der Waals surface area (Å²) in [5, 5.41) is 0. The van der Waals surface area contributed by atoms with Gasteiger partial charge in [-0.25, -0.2) is 13.6 Å². The number of unbranched alkanes of at least 4 members (excludes halogenated alkanes) is 18. The highest BCUT2D eigenvalue weighted by Gasteiger charge is 2.13. The predicted molar refractivity (Wildman–Crippen MR) is 214 cm³/mol. The van der Waals surface area contributed by atoms with Gasteiger partial charge >= 0.3 is 5.97 Å². The quantitative estimate of drug-likeness (QED) is 0.0339. The Balaban J connectivity index is 1.30. The van der Waals surface area contributed by atoms with Gasteiger partial charge in [0.15, 0.2) is 23.1 Å². The van der Waals surface area contributed by atoms with Crippen molar-refractivity contribution >= 4 is 5.97 Å². The fraction of sp³-hybridized carbons (Fsp3) is 0.553. The van der Waals surface area contributed by atoms with Crippen LogP contribution in [-0.2, 0) is 0 Å². The molecule has 3 rings (SSSR count). The summed E-state index contributed by atoms with van der Waals surface area (Å²) >= 11 is 0. The van der Waals surface area contributed by atoms with Crippen LogP contribution in [0, 0.1) is 23.5 Å². The van der Waals surface area contributed by atoms with E-state index in [9.17, 15) is 13.6 Å². The normalized spacial score (nSPS) is 11.5. The first-order chi connectivity index (χ1) is 25.9. The van der Waals surface area contributed by atoms with E-state index in [1.54, 1.807) is 36.4 Å². The molecule has 0 fully saturated rings. The van der Waals surface area contributed by atoms with Crippen molar-refractivity contribution in [1.82, 2.24) is 0 Å². The Morgan fingerprint density at radius 1 is 0.585 bits per heavy atom. The lowest BCUT2D eigenvalue weighted by Crippen LogP contribution is -2.12. The van der Waals surface area contributed by atoms with E-state index < -0.39 is 17.6 Å². The van der Waals surface area contributed by atoms with Gasteiger partial charge in [0, 0.05) is 11.1 Å². The Morgan fingerprint density at radius 2 is 1.08 bits per heavy atom. The van der Waals surface area contributed by atoms with E-state index in [2.05, 4.69) is 25.7 Å². The lowest BCUT2D eigenvalue weighted by atomic mass is 10.0. The molecule has 290 valence electrons. The van der Waals surface area contributed by atoms with Crippen molar-refractivity contribution in [3.05, 3.63) is 89.0 Å². The Hall–Kier alpha value is -3.85. The highest BCUT2D eigenvalue weighted by molar-refractivity contribution is 5.91. The SMILES string of the molecule is CCCCCCCCCCCCCCCCCCOc1ccc(C(=O)Oc2ccc(C#Cc3ccc(O[C@H](C)CCCCCC)c(F)c3)cc2)cc1F. The molecule has 0 aromatic heterocycles. The van der Waals surface area contributed by atoms with Crippen molar-refractivity contribution in [3.63, 3.8) is 0 Å². The highest BCUT2D eigenvalue weighted by Crippen LogP contribution is 2.23. The van der Waals surface area contributed by atoms with Gasteiger partial charge < -0.3 is 14.2 Å². The van der Waals surface area contributed by atoms with Crippen molar-refractivity contribution in [1.29, 1.82) is 0 Å². The van der Waals surface area contributed by atoms with Gasteiger partial charge in [0.05, 0.1) is 18.3 Å². The Morgan fingerprint density at radius 3 is 1.64 bits per heavy atom. The highest BCUT2D eigenvalue weighted by atomic mass is 19.1. The molecule has 1 atom stereocenters. The first-order valence-electron chi connectivity index (χ1n) is 20.6. The van der Waals surface area contributed by atoms with Crippen LogP contribution in [0.3, 0.4) is 0 Å². The summed E-state index contributed by atoms with van der Waals surface area (Å²) < 4.78 is 46.3. The smallest absolute Gasteiger partial charge is 0.343 e. The maximum atomic E-state index is 14.7. The zero-order valence-electron chi connectivity index (χ0n) is 32.8. The van der Waals surface area contributed by atoms with Gasteiger partial charge in [-0.3, -0.25) is 0 Å². The number of benzene rings is 3. The number of carbonyl (C=O) groups is 1. The molecule has 0 amide bonds. The van der Waals surface area contributed by atoms with Crippen molar-refractivity contribution in [2.24, 2.45) is 0 Å². The second kappa shape index (κ2) is 26.8. The Kier molecular flexibility index (Phi) is 22.1. The number of hydrogen-bond acceptors (Lipinski definition) is 4. The van der Waals surface area contributed by atoms with Crippen molar-refractivity contribution in [2.75, 3.05) is 6.61 Å². The summed E-state index contributed by atoms with van der Waals surface area (Å²) in [4.78, 5) is 12.7. The molecule has 3 aromatic rings. The minimum absolute atomic E-state index is 0.0541. The molecule has 0 radical (unpaired) electrons. The van der Waals surface area contributed by atoms with Crippen LogP contribution in [0.5, 0.6) is 17.2 Å². The average molecular weight is 731 g/mol. The summed E-state index contributed by atoms with van der Waals surface area (Å²) in [6, 6.07) is 15.5. The number of esters is 1. The van der Waals surface area contributed by atoms with Crippen LogP contribution in [0.4, 0.5) is 8.78 Å². The summed E-state index contributed by atoms with van der Waals surface area (Å²) in [6.07, 6.45) is 26.2. The Labute approximate surface area is 319 Å². The molecule has 0 bridgehead atoms. The lowest BCUT2D eigenvalue weighted by Gasteiger charge is -2.15. The second-order valence-corrected chi connectivity index (χ2v) is 14.4. The molecule has 0 saturated heterocycles. The molecule has 0 aliphatic heterocycles. The van der Waals surface area contributed by atoms with Gasteiger partial charge in [-0.1, -0.05) is 141 Å². The van der Waals surface area contributed by atoms with Crippen LogP contribution in [0.1, 0.15) is 177 Å². The fourth-order valence-corrected chi connectivity index (χ4v) is 6.30. The van der Waals surface area contributed by atoms with Gasteiger partial charge in [-0.05, 0) is 86.8 Å². The molecule has 0 unspecified atom stereocenters. The zero-order chi connectivity index (χ0) is 37.9. The number of hydrogen-bond donors (Lipinski definition) is 0. The van der Waals surface area contributed by atoms with Crippen LogP contribution in [0.15, 0.2) is 60.7 Å². The fourth-order valence-electron chi connectivity index (χ4n) is 6.30. The van der Waals surface area contributed by atoms with E-state index in [0.29, 0.717) is 23.5 Å². The second-order valence-electron chi connectivity index (χ2n) is 14.4.